The Labute approximate surface area is 133 Å². The first-order valence-corrected chi connectivity index (χ1v) is 7.29. The molecule has 0 aliphatic carbocycles. The van der Waals surface area contributed by atoms with Crippen LogP contribution in [-0.2, 0) is 6.54 Å². The van der Waals surface area contributed by atoms with Crippen molar-refractivity contribution in [3.05, 3.63) is 33.2 Å². The Bertz CT molecular complexity index is 841. The van der Waals surface area contributed by atoms with Crippen molar-refractivity contribution in [2.24, 2.45) is 10.2 Å². The first kappa shape index (κ1) is 16.4. The van der Waals surface area contributed by atoms with Crippen molar-refractivity contribution in [2.75, 3.05) is 0 Å². The highest BCUT2D eigenvalue weighted by Gasteiger charge is 2.18. The molecule has 0 aliphatic heterocycles. The van der Waals surface area contributed by atoms with Crippen LogP contribution in [0.3, 0.4) is 0 Å². The molecule has 8 nitrogen and oxygen atoms in total. The molecule has 0 atom stereocenters. The first-order chi connectivity index (χ1) is 11.0. The highest BCUT2D eigenvalue weighted by molar-refractivity contribution is 5.56. The van der Waals surface area contributed by atoms with Gasteiger partial charge in [0, 0.05) is 23.9 Å². The molecule has 2 N–H and O–H groups in total. The van der Waals surface area contributed by atoms with E-state index < -0.39 is 5.56 Å². The van der Waals surface area contributed by atoms with Crippen LogP contribution in [0.4, 0.5) is 11.5 Å². The van der Waals surface area contributed by atoms with Crippen molar-refractivity contribution in [1.29, 1.82) is 5.26 Å². The molecule has 0 aliphatic rings. The molecule has 0 bridgehead atoms. The molecular weight excluding hydrogens is 296 g/mol. The summed E-state index contributed by atoms with van der Waals surface area (Å²) in [6.07, 6.45) is 1.56. The van der Waals surface area contributed by atoms with Gasteiger partial charge < -0.3 is 5.11 Å². The van der Waals surface area contributed by atoms with Crippen LogP contribution >= 0.6 is 0 Å². The van der Waals surface area contributed by atoms with Crippen molar-refractivity contribution < 1.29 is 5.11 Å². The zero-order valence-corrected chi connectivity index (χ0v) is 13.3. The van der Waals surface area contributed by atoms with Crippen molar-refractivity contribution in [3.63, 3.8) is 0 Å². The molecule has 0 amide bonds. The number of aromatic nitrogens is 3. The number of hydrogen-bond donors (Lipinski definition) is 2. The van der Waals surface area contributed by atoms with Gasteiger partial charge in [-0.2, -0.15) is 10.4 Å². The second-order valence-electron chi connectivity index (χ2n) is 5.20. The summed E-state index contributed by atoms with van der Waals surface area (Å²) in [7, 11) is 0. The van der Waals surface area contributed by atoms with Gasteiger partial charge in [0.1, 0.15) is 11.6 Å². The van der Waals surface area contributed by atoms with Gasteiger partial charge >= 0.3 is 0 Å². The summed E-state index contributed by atoms with van der Waals surface area (Å²) < 4.78 is 1.17. The summed E-state index contributed by atoms with van der Waals surface area (Å²) in [6.45, 7) is 5.68. The van der Waals surface area contributed by atoms with E-state index in [0.29, 0.717) is 24.3 Å². The fourth-order valence-corrected chi connectivity index (χ4v) is 2.14. The highest BCUT2D eigenvalue weighted by atomic mass is 16.3. The number of aromatic amines is 1. The van der Waals surface area contributed by atoms with Crippen molar-refractivity contribution in [1.82, 2.24) is 14.8 Å². The van der Waals surface area contributed by atoms with E-state index in [1.54, 1.807) is 13.0 Å². The third-order valence-corrected chi connectivity index (χ3v) is 3.45. The average molecular weight is 314 g/mol. The number of nitriles is 1. The largest absolute Gasteiger partial charge is 0.493 e. The fraction of sp³-hybridized carbons (Fsp3) is 0.400. The minimum absolute atomic E-state index is 0.0351. The van der Waals surface area contributed by atoms with Gasteiger partial charge in [0.05, 0.1) is 0 Å². The summed E-state index contributed by atoms with van der Waals surface area (Å²) in [6, 6.07) is 3.60. The Hall–Kier alpha value is -2.95. The van der Waals surface area contributed by atoms with Crippen molar-refractivity contribution >= 4 is 11.5 Å². The quantitative estimate of drug-likeness (QED) is 0.824. The number of H-pyrrole nitrogens is 1. The van der Waals surface area contributed by atoms with Gasteiger partial charge in [-0.15, -0.1) is 10.2 Å². The van der Waals surface area contributed by atoms with Crippen LogP contribution in [0.5, 0.6) is 5.88 Å². The maximum Gasteiger partial charge on any atom is 0.281 e. The SMILES string of the molecule is CCCCn1c(O)c(C#N)c(C)c(N=Nc2cc(C)[nH]n2)c1=O. The number of azo groups is 1. The number of aromatic hydroxyl groups is 1. The summed E-state index contributed by atoms with van der Waals surface area (Å²) in [4.78, 5) is 12.5. The fourth-order valence-electron chi connectivity index (χ4n) is 2.14. The van der Waals surface area contributed by atoms with Crippen LogP contribution < -0.4 is 5.56 Å². The lowest BCUT2D eigenvalue weighted by atomic mass is 10.1. The lowest BCUT2D eigenvalue weighted by Gasteiger charge is -2.12. The molecule has 8 heteroatoms. The lowest BCUT2D eigenvalue weighted by molar-refractivity contribution is 0.399. The molecule has 0 fully saturated rings. The summed E-state index contributed by atoms with van der Waals surface area (Å²) in [5, 5.41) is 33.9. The second-order valence-corrected chi connectivity index (χ2v) is 5.20. The third-order valence-electron chi connectivity index (χ3n) is 3.45. The molecule has 2 heterocycles. The number of nitrogens with one attached hydrogen (secondary N) is 1. The zero-order valence-electron chi connectivity index (χ0n) is 13.3. The van der Waals surface area contributed by atoms with Crippen LogP contribution in [0.15, 0.2) is 21.1 Å². The molecule has 0 aromatic carbocycles. The second kappa shape index (κ2) is 6.87. The van der Waals surface area contributed by atoms with Gasteiger partial charge in [-0.25, -0.2) is 0 Å². The Morgan fingerprint density at radius 2 is 2.17 bits per heavy atom. The predicted octanol–water partition coefficient (Wildman–Crippen LogP) is 2.98. The first-order valence-electron chi connectivity index (χ1n) is 7.29. The number of hydrogen-bond acceptors (Lipinski definition) is 6. The van der Waals surface area contributed by atoms with E-state index in [9.17, 15) is 15.2 Å². The summed E-state index contributed by atoms with van der Waals surface area (Å²) in [5.41, 5.74) is 0.727. The standard InChI is InChI=1S/C15H18N6O2/c1-4-5-6-21-14(22)11(8-16)10(3)13(15(21)23)20-19-12-7-9(2)17-18-12/h7,22H,4-6H2,1-3H3,(H,17,18). The van der Waals surface area contributed by atoms with Crippen molar-refractivity contribution in [2.45, 2.75) is 40.2 Å². The molecule has 2 aromatic heterocycles. The Morgan fingerprint density at radius 3 is 2.74 bits per heavy atom. The molecule has 2 aromatic rings. The van der Waals surface area contributed by atoms with E-state index in [-0.39, 0.29) is 17.1 Å². The molecule has 2 rings (SSSR count). The Balaban J connectivity index is 2.56. The zero-order chi connectivity index (χ0) is 17.0. The summed E-state index contributed by atoms with van der Waals surface area (Å²) >= 11 is 0. The van der Waals surface area contributed by atoms with Gasteiger partial charge in [-0.05, 0) is 20.3 Å². The van der Waals surface area contributed by atoms with Crippen molar-refractivity contribution in [3.8, 4) is 11.9 Å². The van der Waals surface area contributed by atoms with E-state index >= 15 is 0 Å². The van der Waals surface area contributed by atoms with E-state index in [2.05, 4.69) is 20.4 Å². The van der Waals surface area contributed by atoms with Gasteiger partial charge in [-0.1, -0.05) is 13.3 Å². The Kier molecular flexibility index (Phi) is 4.91. The van der Waals surface area contributed by atoms with Crippen LogP contribution in [0, 0.1) is 25.2 Å². The minimum Gasteiger partial charge on any atom is -0.493 e. The molecule has 0 radical (unpaired) electrons. The van der Waals surface area contributed by atoms with Gasteiger partial charge in [0.15, 0.2) is 11.5 Å². The van der Waals surface area contributed by atoms with Gasteiger partial charge in [0.25, 0.3) is 5.56 Å². The number of pyridine rings is 1. The maximum absolute atomic E-state index is 12.5. The smallest absolute Gasteiger partial charge is 0.281 e. The topological polar surface area (TPSA) is 119 Å². The summed E-state index contributed by atoms with van der Waals surface area (Å²) in [5.74, 6) is 0.0194. The molecule has 23 heavy (non-hydrogen) atoms. The van der Waals surface area contributed by atoms with Crippen LogP contribution in [-0.4, -0.2) is 19.9 Å². The van der Waals surface area contributed by atoms with E-state index in [4.69, 9.17) is 0 Å². The minimum atomic E-state index is -0.469. The maximum atomic E-state index is 12.5. The number of rotatable bonds is 5. The number of aryl methyl sites for hydroxylation is 1. The Morgan fingerprint density at radius 1 is 1.43 bits per heavy atom. The van der Waals surface area contributed by atoms with Gasteiger partial charge in [-0.3, -0.25) is 14.5 Å². The van der Waals surface area contributed by atoms with E-state index in [0.717, 1.165) is 12.1 Å². The number of nitrogens with zero attached hydrogens (tertiary/aromatic N) is 5. The monoisotopic (exact) mass is 314 g/mol. The van der Waals surface area contributed by atoms with E-state index in [1.165, 1.54) is 4.57 Å². The molecule has 0 unspecified atom stereocenters. The molecule has 120 valence electrons. The number of unbranched alkanes of at least 4 members (excludes halogenated alkanes) is 1. The third kappa shape index (κ3) is 3.29. The molecular formula is C15H18N6O2. The van der Waals surface area contributed by atoms with Crippen LogP contribution in [0.1, 0.15) is 36.6 Å². The van der Waals surface area contributed by atoms with Gasteiger partial charge in [0.2, 0.25) is 5.88 Å². The predicted molar refractivity (Wildman–Crippen MR) is 84.2 cm³/mol. The normalized spacial score (nSPS) is 11.0. The molecule has 0 saturated carbocycles. The van der Waals surface area contributed by atoms with Crippen LogP contribution in [0.25, 0.3) is 0 Å². The van der Waals surface area contributed by atoms with E-state index in [1.807, 2.05) is 19.9 Å². The average Bonchev–Trinajstić information content (AvgIpc) is 2.93. The van der Waals surface area contributed by atoms with Crippen LogP contribution in [0.2, 0.25) is 0 Å². The highest BCUT2D eigenvalue weighted by Crippen LogP contribution is 2.26. The lowest BCUT2D eigenvalue weighted by Crippen LogP contribution is -2.22. The molecule has 0 saturated heterocycles. The molecule has 0 spiro atoms.